The van der Waals surface area contributed by atoms with Crippen LogP contribution in [-0.2, 0) is 0 Å². The van der Waals surface area contributed by atoms with Crippen molar-refractivity contribution in [2.45, 2.75) is 11.6 Å². The first-order valence-electron chi connectivity index (χ1n) is 10.2. The second-order valence-electron chi connectivity index (χ2n) is 7.32. The molecule has 32 heavy (non-hydrogen) atoms. The molecular weight excluding hydrogens is 534 g/mol. The van der Waals surface area contributed by atoms with E-state index in [2.05, 4.69) is 66.0 Å². The van der Waals surface area contributed by atoms with Gasteiger partial charge in [-0.05, 0) is 12.1 Å². The average Bonchev–Trinajstić information content (AvgIpc) is 3.60. The minimum Gasteiger partial charge on any atom is -0.548 e. The summed E-state index contributed by atoms with van der Waals surface area (Å²) in [6.45, 7) is 0. The molecule has 0 saturated carbocycles. The van der Waals surface area contributed by atoms with Gasteiger partial charge in [-0.25, -0.2) is 9.36 Å². The third kappa shape index (κ3) is 4.42. The summed E-state index contributed by atoms with van der Waals surface area (Å²) < 4.78 is 16.3. The molecule has 10 heteroatoms. The van der Waals surface area contributed by atoms with Gasteiger partial charge < -0.3 is 9.31 Å². The Morgan fingerprint density at radius 2 is 1.09 bits per heavy atom. The Morgan fingerprint density at radius 3 is 1.44 bits per heavy atom. The topological polar surface area (TPSA) is 54.1 Å². The maximum absolute atomic E-state index is 6.37. The highest BCUT2D eigenvalue weighted by atomic mass is 79.9. The van der Waals surface area contributed by atoms with Gasteiger partial charge in [-0.2, -0.15) is 10.2 Å². The van der Waals surface area contributed by atoms with E-state index < -0.39 is 0 Å². The molecule has 2 heterocycles. The third-order valence-electron chi connectivity index (χ3n) is 5.18. The van der Waals surface area contributed by atoms with Gasteiger partial charge in [0.2, 0.25) is 0 Å². The van der Waals surface area contributed by atoms with Crippen LogP contribution < -0.4 is 9.31 Å². The van der Waals surface area contributed by atoms with Crippen molar-refractivity contribution >= 4 is 43.0 Å². The summed E-state index contributed by atoms with van der Waals surface area (Å²) in [5, 5.41) is 8.85. The zero-order chi connectivity index (χ0) is 21.9. The standard InChI is InChI=1S/C22H18B2Br2N4O2/c25-23(17-7-1-2-8-17)31-21-15-20(30-14-6-12-28-30)22(16-19(21)29-13-5-11-27-29)32-24(26)18-9-3-4-10-18/h1-18H. The summed E-state index contributed by atoms with van der Waals surface area (Å²) in [6, 6.07) is 7.63. The SMILES string of the molecule is BrB(Oc1cc(-n2cccn2)c(OB(Br)C2C=CC=C2)cc1-n1cccn1)C1C=CC=C1. The molecule has 158 valence electrons. The Labute approximate surface area is 203 Å². The lowest BCUT2D eigenvalue weighted by Gasteiger charge is -2.22. The molecule has 2 aliphatic carbocycles. The second-order valence-corrected chi connectivity index (χ2v) is 9.13. The van der Waals surface area contributed by atoms with Crippen molar-refractivity contribution in [3.63, 3.8) is 0 Å². The molecule has 0 unspecified atom stereocenters. The zero-order valence-corrected chi connectivity index (χ0v) is 20.1. The van der Waals surface area contributed by atoms with Crippen molar-refractivity contribution in [1.82, 2.24) is 19.6 Å². The molecule has 2 aliphatic rings. The number of hydrogen-bond acceptors (Lipinski definition) is 4. The van der Waals surface area contributed by atoms with Gasteiger partial charge in [0.25, 0.3) is 0 Å². The van der Waals surface area contributed by atoms with Crippen molar-refractivity contribution in [1.29, 1.82) is 0 Å². The van der Waals surface area contributed by atoms with Crippen LogP contribution in [0.1, 0.15) is 0 Å². The van der Waals surface area contributed by atoms with E-state index in [4.69, 9.17) is 9.31 Å². The predicted molar refractivity (Wildman–Crippen MR) is 135 cm³/mol. The zero-order valence-electron chi connectivity index (χ0n) is 16.9. The monoisotopic (exact) mass is 550 g/mol. The molecule has 0 fully saturated rings. The van der Waals surface area contributed by atoms with Gasteiger partial charge in [0, 0.05) is 48.6 Å². The average molecular weight is 552 g/mol. The third-order valence-corrected chi connectivity index (χ3v) is 6.78. The van der Waals surface area contributed by atoms with E-state index in [1.165, 1.54) is 0 Å². The molecular formula is C22H18B2Br2N4O2. The summed E-state index contributed by atoms with van der Waals surface area (Å²) in [5.41, 5.74) is 1.07. The van der Waals surface area contributed by atoms with Crippen molar-refractivity contribution in [2.24, 2.45) is 0 Å². The fourth-order valence-corrected chi connectivity index (χ4v) is 4.66. The molecule has 0 amide bonds. The molecule has 0 N–H and O–H groups in total. The lowest BCUT2D eigenvalue weighted by Crippen LogP contribution is -2.21. The highest BCUT2D eigenvalue weighted by molar-refractivity contribution is 9.24. The number of aromatic nitrogens is 4. The normalized spacial score (nSPS) is 15.1. The lowest BCUT2D eigenvalue weighted by atomic mass is 9.80. The van der Waals surface area contributed by atoms with Crippen LogP contribution in [0, 0.1) is 0 Å². The smallest absolute Gasteiger partial charge is 0.446 e. The summed E-state index contributed by atoms with van der Waals surface area (Å²) in [7, 11) is 0. The maximum Gasteiger partial charge on any atom is 0.446 e. The van der Waals surface area contributed by atoms with Crippen LogP contribution in [0.25, 0.3) is 11.4 Å². The van der Waals surface area contributed by atoms with Crippen LogP contribution in [0.5, 0.6) is 11.5 Å². The van der Waals surface area contributed by atoms with E-state index in [9.17, 15) is 0 Å². The van der Waals surface area contributed by atoms with Gasteiger partial charge in [-0.1, -0.05) is 80.1 Å². The molecule has 3 aromatic rings. The first-order valence-corrected chi connectivity index (χ1v) is 12.0. The van der Waals surface area contributed by atoms with Crippen LogP contribution in [0.4, 0.5) is 0 Å². The Kier molecular flexibility index (Phi) is 6.23. The minimum atomic E-state index is -0.235. The Hall–Kier alpha value is -2.71. The lowest BCUT2D eigenvalue weighted by molar-refractivity contribution is 0.556. The quantitative estimate of drug-likeness (QED) is 0.343. The number of allylic oxidation sites excluding steroid dienone is 8. The van der Waals surface area contributed by atoms with E-state index in [1.54, 1.807) is 21.8 Å². The van der Waals surface area contributed by atoms with Crippen molar-refractivity contribution in [3.05, 3.63) is 97.7 Å². The van der Waals surface area contributed by atoms with Crippen molar-refractivity contribution in [3.8, 4) is 22.9 Å². The summed E-state index contributed by atoms with van der Waals surface area (Å²) >= 11 is 7.37. The number of halogens is 2. The molecule has 0 atom stereocenters. The molecule has 1 aromatic carbocycles. The van der Waals surface area contributed by atoms with Gasteiger partial charge in [0.1, 0.15) is 22.9 Å². The number of rotatable bonds is 8. The highest BCUT2D eigenvalue weighted by Gasteiger charge is 2.29. The fourth-order valence-electron chi connectivity index (χ4n) is 3.56. The van der Waals surface area contributed by atoms with E-state index in [0.717, 1.165) is 11.4 Å². The molecule has 0 bridgehead atoms. The molecule has 5 rings (SSSR count). The summed E-state index contributed by atoms with van der Waals surface area (Å²) in [4.78, 5) is 0. The number of hydrogen-bond donors (Lipinski definition) is 0. The van der Waals surface area contributed by atoms with Gasteiger partial charge in [-0.15, -0.1) is 0 Å². The molecule has 6 nitrogen and oxygen atoms in total. The second kappa shape index (κ2) is 9.42. The van der Waals surface area contributed by atoms with Crippen LogP contribution in [0.15, 0.2) is 97.7 Å². The van der Waals surface area contributed by atoms with Gasteiger partial charge >= 0.3 is 11.5 Å². The van der Waals surface area contributed by atoms with Crippen LogP contribution >= 0.6 is 31.5 Å². The number of benzene rings is 1. The fraction of sp³-hybridized carbons (Fsp3) is 0.0909. The van der Waals surface area contributed by atoms with Gasteiger partial charge in [0.05, 0.1) is 0 Å². The summed E-state index contributed by atoms with van der Waals surface area (Å²) in [6.07, 6.45) is 23.7. The first kappa shape index (κ1) is 21.2. The molecule has 0 radical (unpaired) electrons. The molecule has 0 spiro atoms. The van der Waals surface area contributed by atoms with Gasteiger partial charge in [-0.3, -0.25) is 0 Å². The van der Waals surface area contributed by atoms with Crippen LogP contribution in [0.3, 0.4) is 0 Å². The first-order chi connectivity index (χ1) is 15.7. The molecule has 0 saturated heterocycles. The van der Waals surface area contributed by atoms with Crippen molar-refractivity contribution in [2.75, 3.05) is 0 Å². The summed E-state index contributed by atoms with van der Waals surface area (Å²) in [5.74, 6) is 1.60. The Morgan fingerprint density at radius 1 is 0.688 bits per heavy atom. The van der Waals surface area contributed by atoms with E-state index >= 15 is 0 Å². The van der Waals surface area contributed by atoms with E-state index in [-0.39, 0.29) is 23.1 Å². The maximum atomic E-state index is 6.37. The number of nitrogens with zero attached hydrogens (tertiary/aromatic N) is 4. The minimum absolute atomic E-state index is 0.136. The van der Waals surface area contributed by atoms with E-state index in [1.807, 2.05) is 61.0 Å². The van der Waals surface area contributed by atoms with Crippen LogP contribution in [-0.4, -0.2) is 31.0 Å². The van der Waals surface area contributed by atoms with Gasteiger partial charge in [0.15, 0.2) is 0 Å². The predicted octanol–water partition coefficient (Wildman–Crippen LogP) is 5.57. The Balaban J connectivity index is 1.57. The largest absolute Gasteiger partial charge is 0.548 e. The Bertz CT molecular complexity index is 1070. The van der Waals surface area contributed by atoms with Crippen molar-refractivity contribution < 1.29 is 9.31 Å². The molecule has 0 aliphatic heterocycles. The van der Waals surface area contributed by atoms with E-state index in [0.29, 0.717) is 11.5 Å². The molecule has 2 aromatic heterocycles. The van der Waals surface area contributed by atoms with Crippen LogP contribution in [0.2, 0.25) is 11.6 Å². The highest BCUT2D eigenvalue weighted by Crippen LogP contribution is 2.38.